The number of likely N-dealkylation sites (N-methyl/N-ethyl adjacent to an activating group) is 1. The van der Waals surface area contributed by atoms with E-state index in [0.717, 1.165) is 10.4 Å². The van der Waals surface area contributed by atoms with Gasteiger partial charge in [0.25, 0.3) is 0 Å². The number of thiol groups is 1. The quantitative estimate of drug-likeness (QED) is 0.195. The number of hydrogen-bond donors (Lipinski definition) is 5. The van der Waals surface area contributed by atoms with Crippen molar-refractivity contribution in [1.82, 2.24) is 16.1 Å². The van der Waals surface area contributed by atoms with Gasteiger partial charge in [-0.25, -0.2) is 5.48 Å². The molecule has 174 valence electrons. The third kappa shape index (κ3) is 7.08. The van der Waals surface area contributed by atoms with Crippen LogP contribution in [-0.4, -0.2) is 36.0 Å². The molecular weight excluding hydrogens is 446 g/mol. The number of thiophene rings is 1. The summed E-state index contributed by atoms with van der Waals surface area (Å²) in [5, 5.41) is 16.1. The third-order valence-corrected chi connectivity index (χ3v) is 6.97. The van der Waals surface area contributed by atoms with E-state index in [9.17, 15) is 19.6 Å². The van der Waals surface area contributed by atoms with Crippen molar-refractivity contribution in [2.24, 2.45) is 17.8 Å². The number of carbonyl (C=O) groups is 3. The van der Waals surface area contributed by atoms with Crippen molar-refractivity contribution < 1.29 is 19.6 Å². The Hall–Kier alpha value is -2.36. The van der Waals surface area contributed by atoms with E-state index in [-0.39, 0.29) is 11.8 Å². The lowest BCUT2D eigenvalue weighted by Gasteiger charge is -2.31. The highest BCUT2D eigenvalue weighted by atomic mass is 32.1. The highest BCUT2D eigenvalue weighted by molar-refractivity contribution is 7.80. The summed E-state index contributed by atoms with van der Waals surface area (Å²) in [5.74, 6) is -3.06. The first kappa shape index (κ1) is 25.9. The van der Waals surface area contributed by atoms with Crippen LogP contribution in [0.4, 0.5) is 0 Å². The number of carbonyl (C=O) groups excluding carboxylic acids is 3. The summed E-state index contributed by atoms with van der Waals surface area (Å²) in [7, 11) is 1.51. The molecule has 4 atom stereocenters. The lowest BCUT2D eigenvalue weighted by molar-refractivity contribution is -0.141. The summed E-state index contributed by atoms with van der Waals surface area (Å²) in [4.78, 5) is 39.5. The lowest BCUT2D eigenvalue weighted by atomic mass is 9.81. The Morgan fingerprint density at radius 1 is 1.03 bits per heavy atom. The Morgan fingerprint density at radius 2 is 1.72 bits per heavy atom. The molecule has 1 heterocycles. The van der Waals surface area contributed by atoms with Crippen molar-refractivity contribution in [3.05, 3.63) is 58.3 Å². The van der Waals surface area contributed by atoms with Crippen molar-refractivity contribution in [2.45, 2.75) is 38.0 Å². The molecule has 0 aliphatic heterocycles. The summed E-state index contributed by atoms with van der Waals surface area (Å²) in [6, 6.07) is 12.3. The van der Waals surface area contributed by atoms with Gasteiger partial charge in [-0.15, -0.1) is 11.3 Å². The van der Waals surface area contributed by atoms with Crippen LogP contribution in [0.15, 0.2) is 47.8 Å². The second-order valence-electron chi connectivity index (χ2n) is 8.06. The van der Waals surface area contributed by atoms with E-state index < -0.39 is 34.9 Å². The highest BCUT2D eigenvalue weighted by Crippen LogP contribution is 2.38. The molecule has 32 heavy (non-hydrogen) atoms. The van der Waals surface area contributed by atoms with Gasteiger partial charge < -0.3 is 10.6 Å². The van der Waals surface area contributed by atoms with Gasteiger partial charge in [-0.3, -0.25) is 19.6 Å². The van der Waals surface area contributed by atoms with Crippen LogP contribution < -0.4 is 16.1 Å². The molecule has 0 aliphatic carbocycles. The number of hydroxylamine groups is 1. The van der Waals surface area contributed by atoms with E-state index in [1.165, 1.54) is 18.4 Å². The van der Waals surface area contributed by atoms with Gasteiger partial charge in [0.1, 0.15) is 6.04 Å². The van der Waals surface area contributed by atoms with Gasteiger partial charge in [-0.2, -0.15) is 12.6 Å². The second-order valence-corrected chi connectivity index (χ2v) is 9.60. The first-order valence-corrected chi connectivity index (χ1v) is 11.9. The zero-order valence-corrected chi connectivity index (χ0v) is 20.2. The molecule has 0 fully saturated rings. The molecule has 0 saturated heterocycles. The van der Waals surface area contributed by atoms with E-state index in [4.69, 9.17) is 0 Å². The Labute approximate surface area is 198 Å². The van der Waals surface area contributed by atoms with Crippen LogP contribution in [0, 0.1) is 17.8 Å². The molecule has 0 spiro atoms. The van der Waals surface area contributed by atoms with Crippen LogP contribution in [-0.2, 0) is 20.8 Å². The van der Waals surface area contributed by atoms with E-state index in [0.29, 0.717) is 12.8 Å². The third-order valence-electron chi connectivity index (χ3n) is 5.25. The van der Waals surface area contributed by atoms with Crippen LogP contribution >= 0.6 is 24.0 Å². The maximum absolute atomic E-state index is 13.5. The van der Waals surface area contributed by atoms with E-state index in [1.807, 2.05) is 61.7 Å². The van der Waals surface area contributed by atoms with Crippen LogP contribution in [0.1, 0.15) is 36.0 Å². The average molecular weight is 478 g/mol. The van der Waals surface area contributed by atoms with Crippen molar-refractivity contribution in [1.29, 1.82) is 0 Å². The Bertz CT molecular complexity index is 875. The summed E-state index contributed by atoms with van der Waals surface area (Å²) in [5.41, 5.74) is 2.60. The van der Waals surface area contributed by atoms with Gasteiger partial charge in [0.05, 0.1) is 11.8 Å². The molecule has 0 bridgehead atoms. The predicted octanol–water partition coefficient (Wildman–Crippen LogP) is 2.98. The molecule has 2 rings (SSSR count). The van der Waals surface area contributed by atoms with Gasteiger partial charge in [-0.1, -0.05) is 50.2 Å². The minimum atomic E-state index is -0.925. The largest absolute Gasteiger partial charge is 0.357 e. The SMILES string of the molecule is CNC(=O)[C@H](Cc1ccccc1)NC(=O)[C@H](CC(C)C)[C@@H](C(=O)NO)C(S)c1cccs1. The van der Waals surface area contributed by atoms with Crippen LogP contribution in [0.2, 0.25) is 0 Å². The Kier molecular flexibility index (Phi) is 10.2. The van der Waals surface area contributed by atoms with Gasteiger partial charge in [0, 0.05) is 23.6 Å². The number of benzene rings is 1. The molecule has 1 aromatic carbocycles. The average Bonchev–Trinajstić information content (AvgIpc) is 3.32. The van der Waals surface area contributed by atoms with Gasteiger partial charge in [0.2, 0.25) is 17.7 Å². The summed E-state index contributed by atoms with van der Waals surface area (Å²) >= 11 is 6.06. The minimum Gasteiger partial charge on any atom is -0.357 e. The van der Waals surface area contributed by atoms with Crippen molar-refractivity contribution >= 4 is 41.7 Å². The first-order chi connectivity index (χ1) is 15.3. The highest BCUT2D eigenvalue weighted by Gasteiger charge is 2.40. The molecule has 2 aromatic rings. The second kappa shape index (κ2) is 12.6. The molecular formula is C23H31N3O4S2. The first-order valence-electron chi connectivity index (χ1n) is 10.5. The standard InChI is InChI=1S/C23H31N3O4S2/c1-14(2)12-16(19(23(29)26-30)20(31)18-10-7-11-32-18)21(27)25-17(22(28)24-3)13-15-8-5-4-6-9-15/h4-11,14,16-17,19-20,30-31H,12-13H2,1-3H3,(H,24,28)(H,25,27)(H,26,29)/t16-,17+,19-,20?/m1/s1. The van der Waals surface area contributed by atoms with Crippen molar-refractivity contribution in [3.63, 3.8) is 0 Å². The van der Waals surface area contributed by atoms with E-state index in [2.05, 4.69) is 23.3 Å². The molecule has 0 radical (unpaired) electrons. The summed E-state index contributed by atoms with van der Waals surface area (Å²) in [6.07, 6.45) is 0.699. The van der Waals surface area contributed by atoms with Gasteiger partial charge >= 0.3 is 0 Å². The fraction of sp³-hybridized carbons (Fsp3) is 0.435. The van der Waals surface area contributed by atoms with E-state index >= 15 is 0 Å². The number of amides is 3. The van der Waals surface area contributed by atoms with Crippen molar-refractivity contribution in [3.8, 4) is 0 Å². The summed E-state index contributed by atoms with van der Waals surface area (Å²) < 4.78 is 0. The normalized spacial score (nSPS) is 14.8. The van der Waals surface area contributed by atoms with Crippen molar-refractivity contribution in [2.75, 3.05) is 7.05 Å². The molecule has 0 aliphatic rings. The Balaban J connectivity index is 2.34. The molecule has 4 N–H and O–H groups in total. The van der Waals surface area contributed by atoms with Crippen LogP contribution in [0.25, 0.3) is 0 Å². The summed E-state index contributed by atoms with van der Waals surface area (Å²) in [6.45, 7) is 3.90. The smallest absolute Gasteiger partial charge is 0.248 e. The number of nitrogens with one attached hydrogen (secondary N) is 3. The maximum atomic E-state index is 13.5. The minimum absolute atomic E-state index is 0.0937. The van der Waals surface area contributed by atoms with Gasteiger partial charge in [-0.05, 0) is 29.3 Å². The number of hydrogen-bond acceptors (Lipinski definition) is 6. The zero-order chi connectivity index (χ0) is 23.7. The fourth-order valence-corrected chi connectivity index (χ4v) is 5.06. The fourth-order valence-electron chi connectivity index (χ4n) is 3.69. The van der Waals surface area contributed by atoms with Crippen LogP contribution in [0.5, 0.6) is 0 Å². The van der Waals surface area contributed by atoms with E-state index in [1.54, 1.807) is 5.48 Å². The monoisotopic (exact) mass is 477 g/mol. The maximum Gasteiger partial charge on any atom is 0.248 e. The van der Waals surface area contributed by atoms with Gasteiger partial charge in [0.15, 0.2) is 0 Å². The zero-order valence-electron chi connectivity index (χ0n) is 18.4. The topological polar surface area (TPSA) is 108 Å². The Morgan fingerprint density at radius 3 is 2.25 bits per heavy atom. The molecule has 1 unspecified atom stereocenters. The lowest BCUT2D eigenvalue weighted by Crippen LogP contribution is -2.51. The molecule has 1 aromatic heterocycles. The molecule has 0 saturated carbocycles. The molecule has 3 amide bonds. The molecule has 9 heteroatoms. The van der Waals surface area contributed by atoms with Crippen LogP contribution in [0.3, 0.4) is 0 Å². The predicted molar refractivity (Wildman–Crippen MR) is 129 cm³/mol. The molecule has 7 nitrogen and oxygen atoms in total. The number of rotatable bonds is 11.